The Labute approximate surface area is 158 Å². The van der Waals surface area contributed by atoms with Crippen LogP contribution in [-0.4, -0.2) is 43.2 Å². The van der Waals surface area contributed by atoms with Crippen molar-refractivity contribution in [3.63, 3.8) is 0 Å². The number of aryl methyl sites for hydroxylation is 1. The second kappa shape index (κ2) is 10.2. The molecular weight excluding hydrogens is 378 g/mol. The molecule has 0 saturated carbocycles. The molecule has 4 nitrogen and oxygen atoms in total. The molecular formula is C16H24Cl2F3N3O. The number of carbonyl (C=O) groups is 1. The molecule has 144 valence electrons. The Balaban J connectivity index is 0.00000288. The number of nitrogens with zero attached hydrogens (tertiary/aromatic N) is 1. The first-order valence-corrected chi connectivity index (χ1v) is 7.63. The Hall–Kier alpha value is -1.02. The maximum Gasteiger partial charge on any atom is 0.401 e. The molecule has 25 heavy (non-hydrogen) atoms. The van der Waals surface area contributed by atoms with Crippen LogP contribution in [0.3, 0.4) is 0 Å². The van der Waals surface area contributed by atoms with Gasteiger partial charge >= 0.3 is 6.18 Å². The van der Waals surface area contributed by atoms with Gasteiger partial charge in [0.25, 0.3) is 0 Å². The van der Waals surface area contributed by atoms with Gasteiger partial charge in [0.2, 0.25) is 5.91 Å². The standard InChI is InChI=1S/C16H22F3N3O.2ClH/c1-11-2-4-13(5-3-11)14(20)15(23)21-8-12-6-7-22(9-12)10-16(17,18)19;;/h2-5,12,14H,6-10,20H2,1H3,(H,21,23);2*1H. The summed E-state index contributed by atoms with van der Waals surface area (Å²) in [6, 6.07) is 6.62. The predicted octanol–water partition coefficient (Wildman–Crippen LogP) is 2.84. The van der Waals surface area contributed by atoms with Gasteiger partial charge in [-0.05, 0) is 31.4 Å². The van der Waals surface area contributed by atoms with Gasteiger partial charge in [-0.25, -0.2) is 0 Å². The average Bonchev–Trinajstić information content (AvgIpc) is 2.90. The molecule has 1 aromatic carbocycles. The van der Waals surface area contributed by atoms with Crippen molar-refractivity contribution in [2.24, 2.45) is 11.7 Å². The van der Waals surface area contributed by atoms with Gasteiger partial charge in [-0.2, -0.15) is 13.2 Å². The van der Waals surface area contributed by atoms with E-state index < -0.39 is 18.8 Å². The molecule has 0 aromatic heterocycles. The van der Waals surface area contributed by atoms with Crippen LogP contribution < -0.4 is 11.1 Å². The lowest BCUT2D eigenvalue weighted by atomic mass is 10.0. The first-order valence-electron chi connectivity index (χ1n) is 7.63. The molecule has 1 heterocycles. The van der Waals surface area contributed by atoms with E-state index in [2.05, 4.69) is 5.32 Å². The molecule has 1 aromatic rings. The summed E-state index contributed by atoms with van der Waals surface area (Å²) in [7, 11) is 0. The van der Waals surface area contributed by atoms with Crippen molar-refractivity contribution in [1.82, 2.24) is 10.2 Å². The van der Waals surface area contributed by atoms with Crippen molar-refractivity contribution in [3.8, 4) is 0 Å². The molecule has 0 bridgehead atoms. The van der Waals surface area contributed by atoms with Crippen molar-refractivity contribution in [3.05, 3.63) is 35.4 Å². The predicted molar refractivity (Wildman–Crippen MR) is 96.2 cm³/mol. The molecule has 9 heteroatoms. The van der Waals surface area contributed by atoms with E-state index in [1.165, 1.54) is 4.90 Å². The molecule has 1 fully saturated rings. The lowest BCUT2D eigenvalue weighted by molar-refractivity contribution is -0.143. The van der Waals surface area contributed by atoms with Crippen LogP contribution in [0.5, 0.6) is 0 Å². The fourth-order valence-electron chi connectivity index (χ4n) is 2.76. The van der Waals surface area contributed by atoms with E-state index in [1.807, 2.05) is 19.1 Å². The van der Waals surface area contributed by atoms with Gasteiger partial charge in [0.05, 0.1) is 6.54 Å². The van der Waals surface area contributed by atoms with Crippen LogP contribution in [0, 0.1) is 12.8 Å². The van der Waals surface area contributed by atoms with E-state index in [0.717, 1.165) is 11.1 Å². The normalized spacial score (nSPS) is 18.8. The van der Waals surface area contributed by atoms with Crippen molar-refractivity contribution >= 4 is 30.7 Å². The second-order valence-corrected chi connectivity index (χ2v) is 6.14. The average molecular weight is 402 g/mol. The summed E-state index contributed by atoms with van der Waals surface area (Å²) in [5.41, 5.74) is 7.71. The number of nitrogens with one attached hydrogen (secondary N) is 1. The van der Waals surface area contributed by atoms with Crippen LogP contribution in [0.2, 0.25) is 0 Å². The highest BCUT2D eigenvalue weighted by molar-refractivity contribution is 5.85. The maximum atomic E-state index is 12.3. The Morgan fingerprint density at radius 1 is 1.32 bits per heavy atom. The van der Waals surface area contributed by atoms with Gasteiger partial charge in [-0.3, -0.25) is 9.69 Å². The van der Waals surface area contributed by atoms with Crippen LogP contribution in [-0.2, 0) is 4.79 Å². The van der Waals surface area contributed by atoms with E-state index in [4.69, 9.17) is 5.73 Å². The maximum absolute atomic E-state index is 12.3. The third-order valence-corrected chi connectivity index (χ3v) is 4.06. The van der Waals surface area contributed by atoms with Gasteiger partial charge in [0.15, 0.2) is 0 Å². The molecule has 1 aliphatic rings. The van der Waals surface area contributed by atoms with E-state index in [9.17, 15) is 18.0 Å². The highest BCUT2D eigenvalue weighted by Crippen LogP contribution is 2.22. The number of halogens is 5. The van der Waals surface area contributed by atoms with Gasteiger partial charge in [0.1, 0.15) is 6.04 Å². The van der Waals surface area contributed by atoms with Gasteiger partial charge in [-0.15, -0.1) is 24.8 Å². The van der Waals surface area contributed by atoms with E-state index in [0.29, 0.717) is 26.1 Å². The summed E-state index contributed by atoms with van der Waals surface area (Å²) in [6.45, 7) is 2.17. The summed E-state index contributed by atoms with van der Waals surface area (Å²) in [6.07, 6.45) is -3.53. The largest absolute Gasteiger partial charge is 0.401 e. The van der Waals surface area contributed by atoms with Crippen molar-refractivity contribution in [2.45, 2.75) is 25.6 Å². The quantitative estimate of drug-likeness (QED) is 0.797. The molecule has 0 aliphatic carbocycles. The number of nitrogens with two attached hydrogens (primary N) is 1. The zero-order valence-corrected chi connectivity index (χ0v) is 15.5. The number of rotatable bonds is 5. The molecule has 0 spiro atoms. The Morgan fingerprint density at radius 3 is 2.48 bits per heavy atom. The Bertz CT molecular complexity index is 540. The summed E-state index contributed by atoms with van der Waals surface area (Å²) in [5.74, 6) is -0.269. The lowest BCUT2D eigenvalue weighted by Gasteiger charge is -2.18. The summed E-state index contributed by atoms with van der Waals surface area (Å²) >= 11 is 0. The summed E-state index contributed by atoms with van der Waals surface area (Å²) in [5, 5.41) is 2.75. The van der Waals surface area contributed by atoms with Gasteiger partial charge < -0.3 is 11.1 Å². The monoisotopic (exact) mass is 401 g/mol. The van der Waals surface area contributed by atoms with E-state index in [-0.39, 0.29) is 36.6 Å². The van der Waals surface area contributed by atoms with Crippen LogP contribution in [0.25, 0.3) is 0 Å². The highest BCUT2D eigenvalue weighted by atomic mass is 35.5. The molecule has 3 N–H and O–H groups in total. The fraction of sp³-hybridized carbons (Fsp3) is 0.562. The first kappa shape index (κ1) is 24.0. The molecule has 0 radical (unpaired) electrons. The number of benzene rings is 1. The number of carbonyl (C=O) groups excluding carboxylic acids is 1. The third-order valence-electron chi connectivity index (χ3n) is 4.06. The zero-order chi connectivity index (χ0) is 17.0. The minimum absolute atomic E-state index is 0. The topological polar surface area (TPSA) is 58.4 Å². The molecule has 2 unspecified atom stereocenters. The van der Waals surface area contributed by atoms with Crippen LogP contribution in [0.15, 0.2) is 24.3 Å². The second-order valence-electron chi connectivity index (χ2n) is 6.14. The molecule has 1 saturated heterocycles. The first-order chi connectivity index (χ1) is 10.7. The minimum Gasteiger partial charge on any atom is -0.354 e. The molecule has 1 aliphatic heterocycles. The summed E-state index contributed by atoms with van der Waals surface area (Å²) in [4.78, 5) is 13.4. The fourth-order valence-corrected chi connectivity index (χ4v) is 2.76. The SMILES string of the molecule is Cc1ccc(C(N)C(=O)NCC2CCN(CC(F)(F)F)C2)cc1.Cl.Cl. The number of amides is 1. The van der Waals surface area contributed by atoms with Crippen molar-refractivity contribution < 1.29 is 18.0 Å². The number of alkyl halides is 3. The van der Waals surface area contributed by atoms with Gasteiger partial charge in [0, 0.05) is 13.1 Å². The molecule has 2 atom stereocenters. The third kappa shape index (κ3) is 7.81. The van der Waals surface area contributed by atoms with E-state index >= 15 is 0 Å². The number of likely N-dealkylation sites (tertiary alicyclic amines) is 1. The van der Waals surface area contributed by atoms with Crippen LogP contribution in [0.4, 0.5) is 13.2 Å². The summed E-state index contributed by atoms with van der Waals surface area (Å²) < 4.78 is 37.0. The minimum atomic E-state index is -4.17. The molecule has 1 amide bonds. The Kier molecular flexibility index (Phi) is 9.79. The zero-order valence-electron chi connectivity index (χ0n) is 13.9. The van der Waals surface area contributed by atoms with Gasteiger partial charge in [-0.1, -0.05) is 29.8 Å². The van der Waals surface area contributed by atoms with Crippen molar-refractivity contribution in [1.29, 1.82) is 0 Å². The lowest BCUT2D eigenvalue weighted by Crippen LogP contribution is -2.38. The number of hydrogen-bond acceptors (Lipinski definition) is 3. The van der Waals surface area contributed by atoms with E-state index in [1.54, 1.807) is 12.1 Å². The smallest absolute Gasteiger partial charge is 0.354 e. The van der Waals surface area contributed by atoms with Crippen LogP contribution in [0.1, 0.15) is 23.6 Å². The highest BCUT2D eigenvalue weighted by Gasteiger charge is 2.34. The van der Waals surface area contributed by atoms with Crippen LogP contribution >= 0.6 is 24.8 Å². The Morgan fingerprint density at radius 2 is 1.92 bits per heavy atom. The van der Waals surface area contributed by atoms with Crippen molar-refractivity contribution in [2.75, 3.05) is 26.2 Å². The number of hydrogen-bond donors (Lipinski definition) is 2. The molecule has 2 rings (SSSR count).